The van der Waals surface area contributed by atoms with Crippen LogP contribution in [0.1, 0.15) is 0 Å². The highest BCUT2D eigenvalue weighted by atomic mass is 79.9. The molecule has 4 nitrogen and oxygen atoms in total. The molecule has 17 heavy (non-hydrogen) atoms. The average molecular weight is 291 g/mol. The second-order valence-corrected chi connectivity index (χ2v) is 4.82. The van der Waals surface area contributed by atoms with E-state index in [0.717, 1.165) is 21.4 Å². The Morgan fingerprint density at radius 1 is 1.41 bits per heavy atom. The molecule has 0 amide bonds. The maximum Gasteiger partial charge on any atom is 0.104 e. The van der Waals surface area contributed by atoms with Gasteiger partial charge in [-0.25, -0.2) is 0 Å². The van der Waals surface area contributed by atoms with Crippen molar-refractivity contribution >= 4 is 32.5 Å². The van der Waals surface area contributed by atoms with E-state index in [-0.39, 0.29) is 0 Å². The number of benzene rings is 1. The number of hydrogen-bond acceptors (Lipinski definition) is 2. The molecule has 0 aliphatic rings. The highest BCUT2D eigenvalue weighted by Crippen LogP contribution is 2.32. The van der Waals surface area contributed by atoms with Gasteiger partial charge in [0.15, 0.2) is 0 Å². The largest absolute Gasteiger partial charge is 0.396 e. The number of fused-ring (bicyclic) bond motifs is 1. The summed E-state index contributed by atoms with van der Waals surface area (Å²) in [5.74, 6) is 0. The molecule has 0 bridgehead atoms. The van der Waals surface area contributed by atoms with Gasteiger partial charge in [-0.15, -0.1) is 0 Å². The van der Waals surface area contributed by atoms with Crippen LogP contribution in [0.3, 0.4) is 0 Å². The van der Waals surface area contributed by atoms with Crippen LogP contribution in [-0.2, 0) is 7.05 Å². The zero-order valence-electron chi connectivity index (χ0n) is 9.24. The van der Waals surface area contributed by atoms with Gasteiger partial charge >= 0.3 is 0 Å². The highest BCUT2D eigenvalue weighted by molar-refractivity contribution is 9.10. The first kappa shape index (κ1) is 10.4. The van der Waals surface area contributed by atoms with Crippen molar-refractivity contribution in [3.05, 3.63) is 34.9 Å². The third-order valence-electron chi connectivity index (χ3n) is 2.93. The maximum atomic E-state index is 5.88. The van der Waals surface area contributed by atoms with Crippen molar-refractivity contribution < 1.29 is 0 Å². The van der Waals surface area contributed by atoms with Crippen molar-refractivity contribution in [3.63, 3.8) is 0 Å². The second kappa shape index (κ2) is 3.63. The molecule has 2 heterocycles. The molecule has 2 aromatic heterocycles. The molecule has 0 fully saturated rings. The summed E-state index contributed by atoms with van der Waals surface area (Å²) in [6.07, 6.45) is 1.63. The molecule has 0 aliphatic carbocycles. The topological polar surface area (TPSA) is 59.6 Å². The maximum absolute atomic E-state index is 5.88. The summed E-state index contributed by atoms with van der Waals surface area (Å²) in [7, 11) is 2.02. The number of rotatable bonds is 1. The van der Waals surface area contributed by atoms with Crippen molar-refractivity contribution in [3.8, 4) is 11.4 Å². The summed E-state index contributed by atoms with van der Waals surface area (Å²) in [6.45, 7) is 0. The number of aryl methyl sites for hydroxylation is 1. The summed E-state index contributed by atoms with van der Waals surface area (Å²) in [4.78, 5) is 0. The Morgan fingerprint density at radius 3 is 2.88 bits per heavy atom. The van der Waals surface area contributed by atoms with Crippen molar-refractivity contribution in [2.45, 2.75) is 0 Å². The lowest BCUT2D eigenvalue weighted by atomic mass is 10.2. The van der Waals surface area contributed by atoms with Crippen LogP contribution in [0.2, 0.25) is 0 Å². The summed E-state index contributed by atoms with van der Waals surface area (Å²) >= 11 is 3.56. The van der Waals surface area contributed by atoms with Gasteiger partial charge in [0.2, 0.25) is 0 Å². The monoisotopic (exact) mass is 290 g/mol. The highest BCUT2D eigenvalue weighted by Gasteiger charge is 2.13. The van der Waals surface area contributed by atoms with Crippen LogP contribution >= 0.6 is 15.9 Å². The van der Waals surface area contributed by atoms with E-state index < -0.39 is 0 Å². The lowest BCUT2D eigenvalue weighted by Crippen LogP contribution is -1.94. The molecule has 3 aromatic rings. The van der Waals surface area contributed by atoms with Gasteiger partial charge in [0.05, 0.1) is 23.1 Å². The zero-order valence-corrected chi connectivity index (χ0v) is 10.8. The van der Waals surface area contributed by atoms with E-state index in [1.54, 1.807) is 6.20 Å². The number of aromatic amines is 1. The number of aromatic nitrogens is 3. The lowest BCUT2D eigenvalue weighted by molar-refractivity contribution is 0.961. The normalized spacial score (nSPS) is 11.2. The van der Waals surface area contributed by atoms with Crippen LogP contribution < -0.4 is 5.73 Å². The number of anilines is 1. The minimum Gasteiger partial charge on any atom is -0.396 e. The number of H-pyrrole nitrogens is 1. The first-order valence-electron chi connectivity index (χ1n) is 5.21. The Hall–Kier alpha value is -1.75. The number of halogens is 1. The van der Waals surface area contributed by atoms with Crippen LogP contribution in [0.4, 0.5) is 5.69 Å². The minimum absolute atomic E-state index is 0.659. The predicted molar refractivity (Wildman–Crippen MR) is 72.6 cm³/mol. The number of para-hydroxylation sites is 1. The molecule has 0 aliphatic heterocycles. The summed E-state index contributed by atoms with van der Waals surface area (Å²) in [5.41, 5.74) is 9.58. The zero-order chi connectivity index (χ0) is 12.0. The average Bonchev–Trinajstić information content (AvgIpc) is 2.84. The van der Waals surface area contributed by atoms with E-state index in [9.17, 15) is 0 Å². The van der Waals surface area contributed by atoms with Crippen LogP contribution in [-0.4, -0.2) is 14.8 Å². The Labute approximate surface area is 107 Å². The fraction of sp³-hybridized carbons (Fsp3) is 0.0833. The molecule has 1 aromatic carbocycles. The number of nitrogens with one attached hydrogen (secondary N) is 1. The molecular weight excluding hydrogens is 280 g/mol. The molecule has 5 heteroatoms. The van der Waals surface area contributed by atoms with Gasteiger partial charge in [-0.3, -0.25) is 5.10 Å². The summed E-state index contributed by atoms with van der Waals surface area (Å²) in [5, 5.41) is 8.06. The summed E-state index contributed by atoms with van der Waals surface area (Å²) < 4.78 is 3.17. The first-order valence-corrected chi connectivity index (χ1v) is 6.01. The molecule has 0 unspecified atom stereocenters. The number of nitrogens with zero attached hydrogens (tertiary/aromatic N) is 2. The van der Waals surface area contributed by atoms with Gasteiger partial charge in [0, 0.05) is 16.9 Å². The molecule has 0 saturated heterocycles. The molecule has 0 radical (unpaired) electrons. The van der Waals surface area contributed by atoms with E-state index in [1.807, 2.05) is 19.2 Å². The van der Waals surface area contributed by atoms with Crippen molar-refractivity contribution in [1.29, 1.82) is 0 Å². The summed E-state index contributed by atoms with van der Waals surface area (Å²) in [6, 6.07) is 8.23. The molecule has 0 saturated carbocycles. The quantitative estimate of drug-likeness (QED) is 0.724. The van der Waals surface area contributed by atoms with Crippen molar-refractivity contribution in [2.24, 2.45) is 7.05 Å². The van der Waals surface area contributed by atoms with Crippen LogP contribution in [0, 0.1) is 0 Å². The van der Waals surface area contributed by atoms with E-state index in [4.69, 9.17) is 5.73 Å². The Balaban J connectivity index is 2.36. The molecule has 3 N–H and O–H groups in total. The van der Waals surface area contributed by atoms with Gasteiger partial charge in [-0.05, 0) is 28.1 Å². The number of nitrogens with two attached hydrogens (primary N) is 1. The van der Waals surface area contributed by atoms with E-state index >= 15 is 0 Å². The predicted octanol–water partition coefficient (Wildman–Crippen LogP) is 2.91. The number of hydrogen-bond donors (Lipinski definition) is 2. The fourth-order valence-electron chi connectivity index (χ4n) is 2.11. The minimum atomic E-state index is 0.659. The first-order chi connectivity index (χ1) is 8.18. The molecule has 0 spiro atoms. The molecule has 86 valence electrons. The van der Waals surface area contributed by atoms with Crippen LogP contribution in [0.5, 0.6) is 0 Å². The number of nitrogen functional groups attached to an aromatic ring is 1. The Bertz CT molecular complexity index is 696. The smallest absolute Gasteiger partial charge is 0.104 e. The Morgan fingerprint density at radius 2 is 2.24 bits per heavy atom. The standard InChI is InChI=1S/C12H11BrN4/c1-17-10(11-9(14)6-15-16-11)5-7-3-2-4-8(13)12(7)17/h2-6H,14H2,1H3,(H,15,16). The lowest BCUT2D eigenvalue weighted by Gasteiger charge is -2.04. The SMILES string of the molecule is Cn1c(-c2[nH]ncc2N)cc2cccc(Br)c21. The van der Waals surface area contributed by atoms with Gasteiger partial charge in [0.1, 0.15) is 5.69 Å². The van der Waals surface area contributed by atoms with Gasteiger partial charge in [-0.2, -0.15) is 5.10 Å². The van der Waals surface area contributed by atoms with Crippen LogP contribution in [0.15, 0.2) is 34.9 Å². The van der Waals surface area contributed by atoms with Crippen molar-refractivity contribution in [2.75, 3.05) is 5.73 Å². The second-order valence-electron chi connectivity index (χ2n) is 3.97. The van der Waals surface area contributed by atoms with Gasteiger partial charge in [-0.1, -0.05) is 12.1 Å². The molecular formula is C12H11BrN4. The molecule has 0 atom stereocenters. The van der Waals surface area contributed by atoms with Gasteiger partial charge < -0.3 is 10.3 Å². The van der Waals surface area contributed by atoms with Crippen molar-refractivity contribution in [1.82, 2.24) is 14.8 Å². The van der Waals surface area contributed by atoms with Gasteiger partial charge in [0.25, 0.3) is 0 Å². The molecule has 3 rings (SSSR count). The third kappa shape index (κ3) is 1.46. The fourth-order valence-corrected chi connectivity index (χ4v) is 2.75. The van der Waals surface area contributed by atoms with E-state index in [2.05, 4.69) is 42.8 Å². The Kier molecular flexibility index (Phi) is 2.22. The third-order valence-corrected chi connectivity index (χ3v) is 3.57. The van der Waals surface area contributed by atoms with Crippen LogP contribution in [0.25, 0.3) is 22.3 Å². The van der Waals surface area contributed by atoms with E-state index in [1.165, 1.54) is 5.39 Å². The van der Waals surface area contributed by atoms with E-state index in [0.29, 0.717) is 5.69 Å².